The predicted octanol–water partition coefficient (Wildman–Crippen LogP) is 3.08. The van der Waals surface area contributed by atoms with Gasteiger partial charge >= 0.3 is 5.03 Å². The van der Waals surface area contributed by atoms with Crippen LogP contribution in [0.15, 0.2) is 47.6 Å². The van der Waals surface area contributed by atoms with Gasteiger partial charge in [0.1, 0.15) is 0 Å². The van der Waals surface area contributed by atoms with Crippen LogP contribution in [0.5, 0.6) is 0 Å². The molecule has 0 radical (unpaired) electrons. The first-order chi connectivity index (χ1) is 9.81. The van der Waals surface area contributed by atoms with Gasteiger partial charge in [-0.25, -0.2) is 0 Å². The summed E-state index contributed by atoms with van der Waals surface area (Å²) in [4.78, 5) is 10.0. The van der Waals surface area contributed by atoms with E-state index in [0.29, 0.717) is 10.3 Å². The SMILES string of the molecule is O=[N+]([O-])c1ccc(CS(O)(O)c2cccc[n+]2O)c(Cl)c1. The molecule has 1 aromatic heterocycles. The van der Waals surface area contributed by atoms with Gasteiger partial charge in [0.15, 0.2) is 0 Å². The van der Waals surface area contributed by atoms with E-state index in [4.69, 9.17) is 11.6 Å². The first kappa shape index (κ1) is 15.5. The lowest BCUT2D eigenvalue weighted by atomic mass is 10.2. The molecule has 0 saturated carbocycles. The third-order valence-electron chi connectivity index (χ3n) is 2.74. The van der Waals surface area contributed by atoms with Crippen LogP contribution in [0.25, 0.3) is 0 Å². The molecule has 0 aliphatic carbocycles. The van der Waals surface area contributed by atoms with E-state index in [0.717, 1.165) is 6.07 Å². The van der Waals surface area contributed by atoms with Crippen molar-refractivity contribution in [3.05, 3.63) is 63.3 Å². The zero-order chi connectivity index (χ0) is 15.6. The van der Waals surface area contributed by atoms with Crippen molar-refractivity contribution in [1.82, 2.24) is 0 Å². The first-order valence-corrected chi connectivity index (χ1v) is 7.79. The van der Waals surface area contributed by atoms with Crippen LogP contribution in [0.1, 0.15) is 5.56 Å². The summed E-state index contributed by atoms with van der Waals surface area (Å²) in [7, 11) is -3.34. The number of rotatable bonds is 4. The minimum atomic E-state index is -3.34. The first-order valence-electron chi connectivity index (χ1n) is 5.70. The second-order valence-corrected chi connectivity index (χ2v) is 6.68. The van der Waals surface area contributed by atoms with Crippen LogP contribution in [-0.2, 0) is 5.75 Å². The number of nitro benzene ring substituents is 1. The monoisotopic (exact) mass is 331 g/mol. The number of hydrogen-bond acceptors (Lipinski definition) is 5. The van der Waals surface area contributed by atoms with Crippen LogP contribution in [0.3, 0.4) is 0 Å². The molecule has 21 heavy (non-hydrogen) atoms. The van der Waals surface area contributed by atoms with Gasteiger partial charge in [0.2, 0.25) is 6.20 Å². The molecular formula is C12H12ClN2O5S+. The molecule has 0 aliphatic rings. The van der Waals surface area contributed by atoms with Crippen molar-refractivity contribution < 1.29 is 24.0 Å². The number of nitrogens with zero attached hydrogens (tertiary/aromatic N) is 2. The molecule has 7 nitrogen and oxygen atoms in total. The van der Waals surface area contributed by atoms with Gasteiger partial charge in [0.25, 0.3) is 5.69 Å². The summed E-state index contributed by atoms with van der Waals surface area (Å²) in [5, 5.41) is 20.2. The standard InChI is InChI=1S/C12H11ClN2O5S/c13-11-7-10(15(17)18)5-4-9(11)8-21(19,20)12-3-1-2-6-14(12)16/h1-7H,8H2,(H2-,16,19,20)/p+1. The molecule has 3 N–H and O–H groups in total. The highest BCUT2D eigenvalue weighted by Crippen LogP contribution is 2.49. The molecule has 0 amide bonds. The van der Waals surface area contributed by atoms with E-state index < -0.39 is 15.5 Å². The third kappa shape index (κ3) is 3.42. The van der Waals surface area contributed by atoms with Crippen molar-refractivity contribution in [3.8, 4) is 0 Å². The lowest BCUT2D eigenvalue weighted by Gasteiger charge is -2.27. The van der Waals surface area contributed by atoms with E-state index in [1.54, 1.807) is 6.07 Å². The van der Waals surface area contributed by atoms with Crippen LogP contribution < -0.4 is 4.73 Å². The van der Waals surface area contributed by atoms with Crippen molar-refractivity contribution in [1.29, 1.82) is 0 Å². The van der Waals surface area contributed by atoms with E-state index in [1.165, 1.54) is 30.5 Å². The van der Waals surface area contributed by atoms with E-state index >= 15 is 0 Å². The Labute approximate surface area is 126 Å². The quantitative estimate of drug-likeness (QED) is 0.345. The van der Waals surface area contributed by atoms with Crippen LogP contribution in [-0.4, -0.2) is 19.2 Å². The molecule has 1 aromatic carbocycles. The highest BCUT2D eigenvalue weighted by molar-refractivity contribution is 8.23. The van der Waals surface area contributed by atoms with E-state index in [2.05, 4.69) is 0 Å². The van der Waals surface area contributed by atoms with E-state index in [9.17, 15) is 24.4 Å². The van der Waals surface area contributed by atoms with Gasteiger partial charge in [-0.1, -0.05) is 11.6 Å². The maximum atomic E-state index is 10.6. The van der Waals surface area contributed by atoms with Gasteiger partial charge in [-0.05, 0) is 17.7 Å². The lowest BCUT2D eigenvalue weighted by Crippen LogP contribution is -2.35. The zero-order valence-electron chi connectivity index (χ0n) is 10.6. The number of nitro groups is 1. The number of hydrogen-bond donors (Lipinski definition) is 3. The molecule has 0 bridgehead atoms. The van der Waals surface area contributed by atoms with Gasteiger partial charge in [0.05, 0.1) is 15.7 Å². The van der Waals surface area contributed by atoms with Crippen molar-refractivity contribution in [2.24, 2.45) is 0 Å². The number of aromatic nitrogens is 1. The highest BCUT2D eigenvalue weighted by Gasteiger charge is 2.28. The topological polar surface area (TPSA) is 108 Å². The second kappa shape index (κ2) is 5.86. The van der Waals surface area contributed by atoms with Crippen molar-refractivity contribution >= 4 is 27.9 Å². The minimum absolute atomic E-state index is 0.0598. The molecule has 0 aliphatic heterocycles. The molecule has 1 heterocycles. The van der Waals surface area contributed by atoms with Crippen LogP contribution in [0, 0.1) is 10.1 Å². The van der Waals surface area contributed by atoms with Crippen molar-refractivity contribution in [3.63, 3.8) is 0 Å². The molecule has 112 valence electrons. The summed E-state index contributed by atoms with van der Waals surface area (Å²) < 4.78 is 21.0. The molecule has 2 aromatic rings. The number of benzene rings is 1. The summed E-state index contributed by atoms with van der Waals surface area (Å²) in [6.07, 6.45) is 1.26. The summed E-state index contributed by atoms with van der Waals surface area (Å²) in [6, 6.07) is 8.18. The molecule has 0 fully saturated rings. The Bertz CT molecular complexity index is 695. The Balaban J connectivity index is 2.33. The van der Waals surface area contributed by atoms with Crippen LogP contribution >= 0.6 is 22.2 Å². The molecule has 0 spiro atoms. The number of non-ortho nitro benzene ring substituents is 1. The van der Waals surface area contributed by atoms with Gasteiger partial charge < -0.3 is 0 Å². The Kier molecular flexibility index (Phi) is 4.33. The molecule has 9 heteroatoms. The van der Waals surface area contributed by atoms with Gasteiger partial charge in [-0.2, -0.15) is 0 Å². The number of pyridine rings is 1. The second-order valence-electron chi connectivity index (χ2n) is 4.23. The summed E-state index contributed by atoms with van der Waals surface area (Å²) in [6.45, 7) is 0. The average molecular weight is 332 g/mol. The lowest BCUT2D eigenvalue weighted by molar-refractivity contribution is -0.933. The molecular weight excluding hydrogens is 320 g/mol. The molecule has 0 saturated heterocycles. The summed E-state index contributed by atoms with van der Waals surface area (Å²) in [5.74, 6) is -0.256. The fourth-order valence-corrected chi connectivity index (χ4v) is 3.55. The maximum absolute atomic E-state index is 10.6. The van der Waals surface area contributed by atoms with Gasteiger partial charge in [-0.15, -0.1) is 10.6 Å². The zero-order valence-corrected chi connectivity index (χ0v) is 12.2. The largest absolute Gasteiger partial charge is 0.344 e. The maximum Gasteiger partial charge on any atom is 0.344 e. The van der Waals surface area contributed by atoms with Crippen molar-refractivity contribution in [2.45, 2.75) is 10.8 Å². The molecule has 2 rings (SSSR count). The van der Waals surface area contributed by atoms with E-state index in [1.807, 2.05) is 0 Å². The predicted molar refractivity (Wildman–Crippen MR) is 76.7 cm³/mol. The van der Waals surface area contributed by atoms with Crippen molar-refractivity contribution in [2.75, 3.05) is 0 Å². The Morgan fingerprint density at radius 3 is 2.57 bits per heavy atom. The van der Waals surface area contributed by atoms with Gasteiger partial charge in [-0.3, -0.25) is 24.4 Å². The Morgan fingerprint density at radius 1 is 1.29 bits per heavy atom. The Hall–Kier alpha value is -1.87. The highest BCUT2D eigenvalue weighted by atomic mass is 35.5. The molecule has 0 atom stereocenters. The fraction of sp³-hybridized carbons (Fsp3) is 0.0833. The number of halogens is 1. The van der Waals surface area contributed by atoms with Gasteiger partial charge in [0, 0.05) is 29.0 Å². The van der Waals surface area contributed by atoms with E-state index in [-0.39, 0.29) is 21.5 Å². The normalized spacial score (nSPS) is 12.1. The minimum Gasteiger partial charge on any atom is -0.290 e. The summed E-state index contributed by atoms with van der Waals surface area (Å²) in [5.41, 5.74) is 0.156. The average Bonchev–Trinajstić information content (AvgIpc) is 2.41. The van der Waals surface area contributed by atoms with Crippen LogP contribution in [0.4, 0.5) is 5.69 Å². The van der Waals surface area contributed by atoms with Crippen LogP contribution in [0.2, 0.25) is 5.02 Å². The molecule has 0 unspecified atom stereocenters. The Morgan fingerprint density at radius 2 is 2.00 bits per heavy atom. The smallest absolute Gasteiger partial charge is 0.290 e. The third-order valence-corrected chi connectivity index (χ3v) is 4.80. The summed E-state index contributed by atoms with van der Waals surface area (Å²) >= 11 is 5.92. The fourth-order valence-electron chi connectivity index (χ4n) is 1.74.